The Labute approximate surface area is 579 Å². The summed E-state index contributed by atoms with van der Waals surface area (Å²) in [7, 11) is 1.15. The molecule has 0 bridgehead atoms. The second-order valence-corrected chi connectivity index (χ2v) is 27.7. The monoisotopic (exact) mass is 1320 g/mol. The van der Waals surface area contributed by atoms with Crippen LogP contribution in [0.15, 0.2) is 158 Å². The van der Waals surface area contributed by atoms with Crippen molar-refractivity contribution < 1.29 is 42.1 Å². The fraction of sp³-hybridized carbons (Fsp3) is 0.667. The topological polar surface area (TPSA) is 111 Å². The Morgan fingerprint density at radius 1 is 0.330 bits per heavy atom. The number of likely N-dealkylation sites (N-methyl/N-ethyl adjacent to an activating group) is 1. The van der Waals surface area contributed by atoms with Crippen molar-refractivity contribution in [1.82, 2.24) is 0 Å². The molecule has 0 radical (unpaired) electrons. The second-order valence-electron chi connectivity index (χ2n) is 26.3. The smallest absolute Gasteiger partial charge is 0.306 e. The van der Waals surface area contributed by atoms with E-state index in [1.165, 1.54) is 148 Å². The molecule has 0 aliphatic heterocycles. The molecule has 9 nitrogen and oxygen atoms in total. The highest BCUT2D eigenvalue weighted by atomic mass is 31.2. The van der Waals surface area contributed by atoms with Crippen LogP contribution in [0.2, 0.25) is 0 Å². The van der Waals surface area contributed by atoms with Crippen LogP contribution in [-0.2, 0) is 32.7 Å². The number of carbonyl (C=O) groups is 2. The standard InChI is InChI=1S/C84H142NO8P/c1-6-8-10-12-14-16-18-20-22-24-26-28-30-32-34-36-38-40-41-42-43-45-47-49-51-53-55-57-59-61-63-65-67-69-71-73-75-77-84(87)93-82(81-92-94(88,89)91-79-78-85(3,4)5)80-90-83(86)76-74-72-70-68-66-64-62-60-58-56-54-52-50-48-46-44-39-37-35-33-31-29-27-25-23-21-19-17-15-13-11-9-7-2/h8-11,14-17,20-23,26-29,32,34,38,40,42-43,47,49,53,55,82H,6-7,12-13,18-19,24-25,30-31,33,35-37,39,41,44-46,48,50-52,54,56-81H2,1-5H3/b10-8-,11-9-,16-14-,17-15-,22-20-,23-21-,28-26-,29-27-,34-32-,40-38-,43-42-,49-47-,55-53-. The van der Waals surface area contributed by atoms with Gasteiger partial charge in [-0.1, -0.05) is 332 Å². The van der Waals surface area contributed by atoms with Gasteiger partial charge in [0.1, 0.15) is 19.8 Å². The molecule has 10 heteroatoms. The summed E-state index contributed by atoms with van der Waals surface area (Å²) >= 11 is 0. The van der Waals surface area contributed by atoms with Gasteiger partial charge in [-0.05, 0) is 122 Å². The minimum atomic E-state index is -4.66. The van der Waals surface area contributed by atoms with Crippen LogP contribution in [0, 0.1) is 0 Å². The van der Waals surface area contributed by atoms with E-state index in [2.05, 4.69) is 172 Å². The molecule has 0 aliphatic rings. The highest BCUT2D eigenvalue weighted by Gasteiger charge is 2.22. The van der Waals surface area contributed by atoms with E-state index in [4.69, 9.17) is 18.5 Å². The molecule has 0 N–H and O–H groups in total. The minimum absolute atomic E-state index is 0.0378. The number of quaternary nitrogens is 1. The summed E-state index contributed by atoms with van der Waals surface area (Å²) in [6.07, 6.45) is 109. The summed E-state index contributed by atoms with van der Waals surface area (Å²) in [5.41, 5.74) is 0. The molecular weight excluding hydrogens is 1180 g/mol. The Bertz CT molecular complexity index is 2150. The first-order chi connectivity index (χ1) is 46.0. The van der Waals surface area contributed by atoms with Crippen molar-refractivity contribution >= 4 is 19.8 Å². The van der Waals surface area contributed by atoms with Crippen LogP contribution in [-0.4, -0.2) is 70.0 Å². The minimum Gasteiger partial charge on any atom is -0.756 e. The third kappa shape index (κ3) is 76.6. The summed E-state index contributed by atoms with van der Waals surface area (Å²) in [6, 6.07) is 0. The quantitative estimate of drug-likeness (QED) is 0.0195. The lowest BCUT2D eigenvalue weighted by Crippen LogP contribution is -2.37. The Hall–Kier alpha value is -4.37. The van der Waals surface area contributed by atoms with E-state index in [1.54, 1.807) is 0 Å². The highest BCUT2D eigenvalue weighted by molar-refractivity contribution is 7.45. The van der Waals surface area contributed by atoms with Gasteiger partial charge in [-0.25, -0.2) is 0 Å². The molecule has 0 aromatic rings. The number of nitrogens with zero attached hydrogens (tertiary/aromatic N) is 1. The van der Waals surface area contributed by atoms with Gasteiger partial charge >= 0.3 is 11.9 Å². The summed E-state index contributed by atoms with van der Waals surface area (Å²) in [5.74, 6) is -0.839. The van der Waals surface area contributed by atoms with Crippen molar-refractivity contribution in [2.75, 3.05) is 47.5 Å². The van der Waals surface area contributed by atoms with Gasteiger partial charge in [0.15, 0.2) is 6.10 Å². The average molecular weight is 1330 g/mol. The number of ether oxygens (including phenoxy) is 2. The molecule has 0 fully saturated rings. The number of esters is 2. The van der Waals surface area contributed by atoms with Gasteiger partial charge in [-0.2, -0.15) is 0 Å². The second kappa shape index (κ2) is 72.9. The first-order valence-corrected chi connectivity index (χ1v) is 39.7. The molecule has 0 saturated carbocycles. The SMILES string of the molecule is CC/C=C\C/C=C\C/C=C\C/C=C\C/C=C\C/C=C\C/C=C\C/C=C\C/C=C\CCCCCCCCCCCC(=O)OC(COC(=O)CCCCCCCCCCCCCCCCCCCCCC/C=C\C/C=C\C/C=C\C/C=C\CC)COP(=O)([O-])OCC[N+](C)(C)C. The lowest BCUT2D eigenvalue weighted by atomic mass is 10.0. The van der Waals surface area contributed by atoms with Crippen molar-refractivity contribution in [1.29, 1.82) is 0 Å². The Kier molecular flexibility index (Phi) is 69.5. The number of allylic oxidation sites excluding steroid dienone is 26. The van der Waals surface area contributed by atoms with E-state index in [-0.39, 0.29) is 32.0 Å². The van der Waals surface area contributed by atoms with E-state index in [9.17, 15) is 19.0 Å². The van der Waals surface area contributed by atoms with E-state index in [0.29, 0.717) is 17.4 Å². The molecular formula is C84H142NO8P. The third-order valence-electron chi connectivity index (χ3n) is 16.0. The van der Waals surface area contributed by atoms with Gasteiger partial charge in [0.2, 0.25) is 0 Å². The molecule has 0 aliphatic carbocycles. The Morgan fingerprint density at radius 3 is 0.851 bits per heavy atom. The van der Waals surface area contributed by atoms with E-state index < -0.39 is 26.5 Å². The maximum Gasteiger partial charge on any atom is 0.306 e. The molecule has 94 heavy (non-hydrogen) atoms. The summed E-state index contributed by atoms with van der Waals surface area (Å²) in [6.45, 7) is 4.02. The molecule has 0 rings (SSSR count). The van der Waals surface area contributed by atoms with Gasteiger partial charge in [0, 0.05) is 12.8 Å². The van der Waals surface area contributed by atoms with Gasteiger partial charge < -0.3 is 27.9 Å². The fourth-order valence-electron chi connectivity index (χ4n) is 10.3. The van der Waals surface area contributed by atoms with Crippen LogP contribution in [0.25, 0.3) is 0 Å². The maximum atomic E-state index is 12.9. The molecule has 0 amide bonds. The van der Waals surface area contributed by atoms with Crippen LogP contribution in [0.5, 0.6) is 0 Å². The van der Waals surface area contributed by atoms with Crippen LogP contribution in [0.1, 0.15) is 309 Å². The molecule has 0 aromatic heterocycles. The van der Waals surface area contributed by atoms with E-state index in [0.717, 1.165) is 128 Å². The summed E-state index contributed by atoms with van der Waals surface area (Å²) in [4.78, 5) is 38.2. The highest BCUT2D eigenvalue weighted by Crippen LogP contribution is 2.38. The first-order valence-electron chi connectivity index (χ1n) is 38.2. The fourth-order valence-corrected chi connectivity index (χ4v) is 11.0. The number of phosphoric acid groups is 1. The van der Waals surface area contributed by atoms with Crippen LogP contribution in [0.4, 0.5) is 0 Å². The van der Waals surface area contributed by atoms with Gasteiger partial charge in [-0.15, -0.1) is 0 Å². The molecule has 0 aromatic carbocycles. The molecule has 0 heterocycles. The Balaban J connectivity index is 4.05. The average Bonchev–Trinajstić information content (AvgIpc) is 1.56. The lowest BCUT2D eigenvalue weighted by molar-refractivity contribution is -0.870. The largest absolute Gasteiger partial charge is 0.756 e. The zero-order valence-electron chi connectivity index (χ0n) is 61.1. The van der Waals surface area contributed by atoms with Crippen molar-refractivity contribution in [2.45, 2.75) is 315 Å². The van der Waals surface area contributed by atoms with Crippen molar-refractivity contribution in [3.8, 4) is 0 Å². The van der Waals surface area contributed by atoms with Gasteiger partial charge in [-0.3, -0.25) is 14.2 Å². The van der Waals surface area contributed by atoms with Crippen molar-refractivity contribution in [3.05, 3.63) is 158 Å². The lowest BCUT2D eigenvalue weighted by Gasteiger charge is -2.28. The zero-order valence-corrected chi connectivity index (χ0v) is 62.0. The predicted molar refractivity (Wildman–Crippen MR) is 406 cm³/mol. The molecule has 2 atom stereocenters. The number of rotatable bonds is 69. The van der Waals surface area contributed by atoms with E-state index >= 15 is 0 Å². The Morgan fingerprint density at radius 2 is 0.574 bits per heavy atom. The summed E-state index contributed by atoms with van der Waals surface area (Å²) in [5, 5.41) is 0. The van der Waals surface area contributed by atoms with Crippen LogP contribution < -0.4 is 4.89 Å². The van der Waals surface area contributed by atoms with Gasteiger partial charge in [0.05, 0.1) is 27.7 Å². The molecule has 2 unspecified atom stereocenters. The van der Waals surface area contributed by atoms with Crippen molar-refractivity contribution in [3.63, 3.8) is 0 Å². The first kappa shape index (κ1) is 89.6. The van der Waals surface area contributed by atoms with E-state index in [1.807, 2.05) is 21.1 Å². The van der Waals surface area contributed by atoms with Gasteiger partial charge in [0.25, 0.3) is 7.82 Å². The van der Waals surface area contributed by atoms with Crippen LogP contribution in [0.3, 0.4) is 0 Å². The number of unbranched alkanes of at least 4 members (excludes halogenated alkanes) is 29. The molecule has 0 saturated heterocycles. The summed E-state index contributed by atoms with van der Waals surface area (Å²) < 4.78 is 34.4. The number of hydrogen-bond donors (Lipinski definition) is 0. The zero-order chi connectivity index (χ0) is 68.3. The maximum absolute atomic E-state index is 12.9. The number of phosphoric ester groups is 1. The number of carbonyl (C=O) groups excluding carboxylic acids is 2. The third-order valence-corrected chi connectivity index (χ3v) is 17.0. The molecule has 536 valence electrons. The van der Waals surface area contributed by atoms with Crippen LogP contribution >= 0.6 is 7.82 Å². The normalized spacial score (nSPS) is 14.0. The van der Waals surface area contributed by atoms with Crippen molar-refractivity contribution in [2.24, 2.45) is 0 Å². The predicted octanol–water partition coefficient (Wildman–Crippen LogP) is 24.9. The molecule has 0 spiro atoms. The number of hydrogen-bond acceptors (Lipinski definition) is 8.